The van der Waals surface area contributed by atoms with Gasteiger partial charge < -0.3 is 19.3 Å². The van der Waals surface area contributed by atoms with Crippen molar-refractivity contribution in [1.29, 1.82) is 0 Å². The molecule has 0 atom stereocenters. The Labute approximate surface area is 155 Å². The van der Waals surface area contributed by atoms with Crippen molar-refractivity contribution in [2.24, 2.45) is 5.92 Å². The Kier molecular flexibility index (Phi) is 6.01. The van der Waals surface area contributed by atoms with Crippen molar-refractivity contribution in [3.63, 3.8) is 0 Å². The van der Waals surface area contributed by atoms with Crippen LogP contribution in [0.3, 0.4) is 0 Å². The van der Waals surface area contributed by atoms with E-state index in [9.17, 15) is 9.59 Å². The molecule has 1 aromatic rings. The van der Waals surface area contributed by atoms with Crippen molar-refractivity contribution in [2.45, 2.75) is 32.1 Å². The van der Waals surface area contributed by atoms with Gasteiger partial charge in [0.05, 0.1) is 20.6 Å². The maximum Gasteiger partial charge on any atom is 0.227 e. The fraction of sp³-hybridized carbons (Fsp3) is 0.600. The number of amides is 2. The minimum absolute atomic E-state index is 0.0727. The molecule has 2 fully saturated rings. The SMILES string of the molecule is COc1ccc(OC)c(CC(=O)N2CCC(C(=O)N3CCCC3)CC2)c1. The van der Waals surface area contributed by atoms with Crippen molar-refractivity contribution >= 4 is 11.8 Å². The number of methoxy groups -OCH3 is 2. The molecular formula is C20H28N2O4. The molecule has 0 N–H and O–H groups in total. The summed E-state index contributed by atoms with van der Waals surface area (Å²) in [4.78, 5) is 29.1. The average molecular weight is 360 g/mol. The Morgan fingerprint density at radius 1 is 1.00 bits per heavy atom. The van der Waals surface area contributed by atoms with Crippen molar-refractivity contribution in [2.75, 3.05) is 40.4 Å². The van der Waals surface area contributed by atoms with Gasteiger partial charge in [-0.05, 0) is 43.9 Å². The molecule has 2 aliphatic heterocycles. The number of ether oxygens (including phenoxy) is 2. The Hall–Kier alpha value is -2.24. The second-order valence-corrected chi connectivity index (χ2v) is 7.04. The molecule has 0 radical (unpaired) electrons. The summed E-state index contributed by atoms with van der Waals surface area (Å²) in [5, 5.41) is 0. The van der Waals surface area contributed by atoms with E-state index in [0.29, 0.717) is 24.6 Å². The number of piperidine rings is 1. The first kappa shape index (κ1) is 18.5. The summed E-state index contributed by atoms with van der Waals surface area (Å²) in [6.07, 6.45) is 4.04. The Morgan fingerprint density at radius 2 is 1.69 bits per heavy atom. The molecule has 0 aliphatic carbocycles. The predicted molar refractivity (Wildman–Crippen MR) is 98.4 cm³/mol. The highest BCUT2D eigenvalue weighted by molar-refractivity contribution is 5.81. The minimum Gasteiger partial charge on any atom is -0.497 e. The molecule has 26 heavy (non-hydrogen) atoms. The largest absolute Gasteiger partial charge is 0.497 e. The number of likely N-dealkylation sites (tertiary alicyclic amines) is 2. The first-order chi connectivity index (χ1) is 12.6. The zero-order chi connectivity index (χ0) is 18.5. The van der Waals surface area contributed by atoms with Crippen LogP contribution >= 0.6 is 0 Å². The molecule has 2 heterocycles. The van der Waals surface area contributed by atoms with Crippen LogP contribution in [-0.4, -0.2) is 62.0 Å². The minimum atomic E-state index is 0.0727. The van der Waals surface area contributed by atoms with E-state index >= 15 is 0 Å². The summed E-state index contributed by atoms with van der Waals surface area (Å²) in [7, 11) is 3.21. The number of rotatable bonds is 5. The van der Waals surface area contributed by atoms with E-state index in [2.05, 4.69) is 0 Å². The van der Waals surface area contributed by atoms with Gasteiger partial charge in [0.25, 0.3) is 0 Å². The van der Waals surface area contributed by atoms with Crippen molar-refractivity contribution < 1.29 is 19.1 Å². The lowest BCUT2D eigenvalue weighted by Crippen LogP contribution is -2.44. The van der Waals surface area contributed by atoms with E-state index < -0.39 is 0 Å². The Morgan fingerprint density at radius 3 is 2.31 bits per heavy atom. The number of carbonyl (C=O) groups excluding carboxylic acids is 2. The summed E-state index contributed by atoms with van der Waals surface area (Å²) in [5.74, 6) is 1.83. The third kappa shape index (κ3) is 4.11. The highest BCUT2D eigenvalue weighted by atomic mass is 16.5. The summed E-state index contributed by atoms with van der Waals surface area (Å²) in [5.41, 5.74) is 0.826. The van der Waals surface area contributed by atoms with Crippen LogP contribution in [0.4, 0.5) is 0 Å². The standard InChI is InChI=1S/C20H28N2O4/c1-25-17-5-6-18(26-2)16(13-17)14-19(23)21-11-7-15(8-12-21)20(24)22-9-3-4-10-22/h5-6,13,15H,3-4,7-12,14H2,1-2H3. The molecule has 0 bridgehead atoms. The summed E-state index contributed by atoms with van der Waals surface area (Å²) < 4.78 is 10.6. The van der Waals surface area contributed by atoms with Gasteiger partial charge in [-0.3, -0.25) is 9.59 Å². The number of carbonyl (C=O) groups is 2. The first-order valence-corrected chi connectivity index (χ1v) is 9.40. The normalized spacial score (nSPS) is 18.1. The van der Waals surface area contributed by atoms with Gasteiger partial charge in [0.2, 0.25) is 11.8 Å². The highest BCUT2D eigenvalue weighted by Crippen LogP contribution is 2.26. The van der Waals surface area contributed by atoms with Crippen molar-refractivity contribution in [3.8, 4) is 11.5 Å². The van der Waals surface area contributed by atoms with Crippen LogP contribution in [0, 0.1) is 5.92 Å². The van der Waals surface area contributed by atoms with E-state index in [-0.39, 0.29) is 24.2 Å². The zero-order valence-corrected chi connectivity index (χ0v) is 15.7. The Bertz CT molecular complexity index is 647. The zero-order valence-electron chi connectivity index (χ0n) is 15.7. The second kappa shape index (κ2) is 8.43. The second-order valence-electron chi connectivity index (χ2n) is 7.04. The van der Waals surface area contributed by atoms with Gasteiger partial charge in [-0.25, -0.2) is 0 Å². The summed E-state index contributed by atoms with van der Waals surface area (Å²) in [6, 6.07) is 5.49. The number of benzene rings is 1. The molecule has 0 saturated carbocycles. The van der Waals surface area contributed by atoms with Crippen molar-refractivity contribution in [3.05, 3.63) is 23.8 Å². The number of hydrogen-bond donors (Lipinski definition) is 0. The topological polar surface area (TPSA) is 59.1 Å². The third-order valence-corrected chi connectivity index (χ3v) is 5.44. The van der Waals surface area contributed by atoms with Crippen molar-refractivity contribution in [1.82, 2.24) is 9.80 Å². The quantitative estimate of drug-likeness (QED) is 0.807. The molecule has 2 amide bonds. The molecule has 2 saturated heterocycles. The fourth-order valence-electron chi connectivity index (χ4n) is 3.87. The van der Waals surface area contributed by atoms with E-state index in [1.165, 1.54) is 0 Å². The molecule has 0 spiro atoms. The number of hydrogen-bond acceptors (Lipinski definition) is 4. The highest BCUT2D eigenvalue weighted by Gasteiger charge is 2.31. The lowest BCUT2D eigenvalue weighted by molar-refractivity contribution is -0.139. The van der Waals surface area contributed by atoms with E-state index in [4.69, 9.17) is 9.47 Å². The summed E-state index contributed by atoms with van der Waals surface area (Å²) in [6.45, 7) is 3.09. The molecule has 0 unspecified atom stereocenters. The average Bonchev–Trinajstić information content (AvgIpc) is 3.22. The number of nitrogens with zero attached hydrogens (tertiary/aromatic N) is 2. The first-order valence-electron chi connectivity index (χ1n) is 9.40. The van der Waals surface area contributed by atoms with Crippen LogP contribution in [-0.2, 0) is 16.0 Å². The van der Waals surface area contributed by atoms with Crippen LogP contribution in [0.1, 0.15) is 31.2 Å². The van der Waals surface area contributed by atoms with Crippen LogP contribution in [0.15, 0.2) is 18.2 Å². The van der Waals surface area contributed by atoms with E-state index in [0.717, 1.165) is 44.3 Å². The predicted octanol–water partition coefficient (Wildman–Crippen LogP) is 2.11. The molecule has 6 heteroatoms. The van der Waals surface area contributed by atoms with Gasteiger partial charge in [-0.15, -0.1) is 0 Å². The molecule has 142 valence electrons. The van der Waals surface area contributed by atoms with Gasteiger partial charge in [-0.1, -0.05) is 0 Å². The fourth-order valence-corrected chi connectivity index (χ4v) is 3.87. The van der Waals surface area contributed by atoms with E-state index in [1.54, 1.807) is 14.2 Å². The van der Waals surface area contributed by atoms with Crippen LogP contribution in [0.2, 0.25) is 0 Å². The molecule has 2 aliphatic rings. The van der Waals surface area contributed by atoms with E-state index in [1.807, 2.05) is 28.0 Å². The molecule has 3 rings (SSSR count). The van der Waals surface area contributed by atoms with Crippen LogP contribution in [0.25, 0.3) is 0 Å². The van der Waals surface area contributed by atoms with Gasteiger partial charge in [-0.2, -0.15) is 0 Å². The third-order valence-electron chi connectivity index (χ3n) is 5.44. The smallest absolute Gasteiger partial charge is 0.227 e. The van der Waals surface area contributed by atoms with Gasteiger partial charge in [0, 0.05) is 37.7 Å². The monoisotopic (exact) mass is 360 g/mol. The van der Waals surface area contributed by atoms with Gasteiger partial charge >= 0.3 is 0 Å². The molecule has 6 nitrogen and oxygen atoms in total. The summed E-state index contributed by atoms with van der Waals surface area (Å²) >= 11 is 0. The lowest BCUT2D eigenvalue weighted by atomic mass is 9.95. The lowest BCUT2D eigenvalue weighted by Gasteiger charge is -2.33. The molecule has 0 aromatic heterocycles. The van der Waals surface area contributed by atoms with Crippen LogP contribution < -0.4 is 9.47 Å². The molecule has 1 aromatic carbocycles. The molecular weight excluding hydrogens is 332 g/mol. The Balaban J connectivity index is 1.56. The maximum atomic E-state index is 12.7. The maximum absolute atomic E-state index is 12.7. The van der Waals surface area contributed by atoms with Gasteiger partial charge in [0.15, 0.2) is 0 Å². The van der Waals surface area contributed by atoms with Crippen LogP contribution in [0.5, 0.6) is 11.5 Å². The van der Waals surface area contributed by atoms with Gasteiger partial charge in [0.1, 0.15) is 11.5 Å².